The van der Waals surface area contributed by atoms with Crippen LogP contribution in [0.15, 0.2) is 72.8 Å². The van der Waals surface area contributed by atoms with Gasteiger partial charge in [0.15, 0.2) is 0 Å². The Morgan fingerprint density at radius 1 is 0.632 bits per heavy atom. The van der Waals surface area contributed by atoms with Gasteiger partial charge in [0, 0.05) is 20.4 Å². The van der Waals surface area contributed by atoms with Crippen molar-refractivity contribution in [3.05, 3.63) is 89.5 Å². The summed E-state index contributed by atoms with van der Waals surface area (Å²) in [5, 5.41) is 1.86. The minimum atomic E-state index is -4.59. The van der Waals surface area contributed by atoms with Gasteiger partial charge in [-0.05, 0) is 0 Å². The van der Waals surface area contributed by atoms with E-state index in [2.05, 4.69) is 84.0 Å². The molecule has 0 saturated heterocycles. The molecule has 0 heterocycles. The first kappa shape index (κ1) is 45.4. The zero-order chi connectivity index (χ0) is 40.4. The van der Waals surface area contributed by atoms with Crippen molar-refractivity contribution in [2.75, 3.05) is 26.2 Å². The van der Waals surface area contributed by atoms with E-state index in [9.17, 15) is 8.42 Å². The zero-order valence-corrected chi connectivity index (χ0v) is 38.9. The van der Waals surface area contributed by atoms with Gasteiger partial charge in [-0.3, -0.25) is 0 Å². The van der Waals surface area contributed by atoms with Crippen molar-refractivity contribution in [3.63, 3.8) is 0 Å². The third kappa shape index (κ3) is 8.13. The minimum Gasteiger partial charge on any atom is 0 e. The van der Waals surface area contributed by atoms with Crippen LogP contribution in [0.5, 0.6) is 11.5 Å². The normalized spacial score (nSPS) is 16.7. The van der Waals surface area contributed by atoms with Crippen LogP contribution in [0.3, 0.4) is 0 Å². The van der Waals surface area contributed by atoms with Crippen LogP contribution in [0, 0.1) is 0 Å². The third-order valence-electron chi connectivity index (χ3n) is 12.9. The summed E-state index contributed by atoms with van der Waals surface area (Å²) in [6, 6.07) is 25.3. The Balaban J connectivity index is 0.00000620. The average Bonchev–Trinajstić information content (AvgIpc) is 3.19. The van der Waals surface area contributed by atoms with Crippen molar-refractivity contribution >= 4 is 33.2 Å². The molecule has 0 amide bonds. The van der Waals surface area contributed by atoms with E-state index in [0.717, 1.165) is 97.1 Å². The Hall–Kier alpha value is -2.72. The SMILES string of the molecule is COc1ccc(OC)c(P(OS(C)(=O)=O)(c2ccccc2-c2ccccc2N)(C2CCCCC2)C2CCCCC2)c1-c1c(C(C)C)cc(C(C)C)cc1C(C)C.[Pd]. The van der Waals surface area contributed by atoms with Gasteiger partial charge in [-0.25, -0.2) is 0 Å². The third-order valence-corrected chi connectivity index (χ3v) is 22.0. The van der Waals surface area contributed by atoms with E-state index in [0.29, 0.717) is 23.1 Å². The molecule has 6 rings (SSSR count). The number of methoxy groups -OCH3 is 2. The quantitative estimate of drug-likeness (QED) is 0.0817. The first-order valence-electron chi connectivity index (χ1n) is 21.0. The standard InChI is InChI=1S/C48H66NO5PS.Pd/c1-32(2)35-30-40(33(3)4)46(41(31-35)34(5)6)47-43(52-7)28-29-44(53-8)48(47)55(54-56(9,50)51,36-20-12-10-13-21-36,37-22-14-11-15-23-37)45-27-19-17-25-39(45)38-24-16-18-26-42(38)49;/h16-19,24-34,36-37H,10-15,20-23,49H2,1-9H3;. The van der Waals surface area contributed by atoms with E-state index in [1.807, 2.05) is 30.3 Å². The second-order valence-electron chi connectivity index (χ2n) is 17.4. The molecule has 2 saturated carbocycles. The van der Waals surface area contributed by atoms with Gasteiger partial charge in [-0.2, -0.15) is 0 Å². The number of para-hydroxylation sites is 1. The number of nitrogen functional groups attached to an aromatic ring is 1. The minimum absolute atomic E-state index is 0. The second-order valence-corrected chi connectivity index (χ2v) is 24.1. The van der Waals surface area contributed by atoms with Crippen LogP contribution in [-0.2, 0) is 34.5 Å². The number of hydrogen-bond donors (Lipinski definition) is 1. The molecular formula is C48H66NO5PPdS. The summed E-state index contributed by atoms with van der Waals surface area (Å²) in [5.74, 6) is 2.01. The summed E-state index contributed by atoms with van der Waals surface area (Å²) < 4.78 is 50.4. The molecule has 0 bridgehead atoms. The fourth-order valence-electron chi connectivity index (χ4n) is 10.5. The maximum Gasteiger partial charge on any atom is 0 e. The molecule has 6 nitrogen and oxygen atoms in total. The molecule has 0 aliphatic heterocycles. The summed E-state index contributed by atoms with van der Waals surface area (Å²) in [6.07, 6.45) is 10.9. The molecule has 2 N–H and O–H groups in total. The smallest absolute Gasteiger partial charge is 0 e. The first-order valence-corrected chi connectivity index (χ1v) is 25.1. The Labute approximate surface area is 357 Å². The van der Waals surface area contributed by atoms with Crippen molar-refractivity contribution in [1.29, 1.82) is 0 Å². The van der Waals surface area contributed by atoms with Gasteiger partial charge in [0.2, 0.25) is 0 Å². The zero-order valence-electron chi connectivity index (χ0n) is 35.7. The molecule has 9 heteroatoms. The van der Waals surface area contributed by atoms with E-state index in [1.54, 1.807) is 14.2 Å². The van der Waals surface area contributed by atoms with Gasteiger partial charge >= 0.3 is 339 Å². The molecule has 0 spiro atoms. The van der Waals surface area contributed by atoms with Gasteiger partial charge in [0.25, 0.3) is 0 Å². The van der Waals surface area contributed by atoms with E-state index in [1.165, 1.54) is 22.9 Å². The predicted molar refractivity (Wildman–Crippen MR) is 239 cm³/mol. The van der Waals surface area contributed by atoms with E-state index >= 15 is 0 Å². The first-order chi connectivity index (χ1) is 26.7. The van der Waals surface area contributed by atoms with Crippen LogP contribution in [0.1, 0.15) is 140 Å². The Morgan fingerprint density at radius 2 is 1.11 bits per heavy atom. The molecule has 0 radical (unpaired) electrons. The number of benzene rings is 4. The average molecular weight is 907 g/mol. The number of rotatable bonds is 13. The topological polar surface area (TPSA) is 87.9 Å². The van der Waals surface area contributed by atoms with Crippen LogP contribution >= 0.6 is 6.83 Å². The molecule has 0 atom stereocenters. The number of anilines is 1. The van der Waals surface area contributed by atoms with E-state index in [4.69, 9.17) is 19.2 Å². The monoisotopic (exact) mass is 905 g/mol. The maximum absolute atomic E-state index is 14.8. The molecule has 314 valence electrons. The number of ether oxygens (including phenoxy) is 2. The molecule has 0 aromatic heterocycles. The van der Waals surface area contributed by atoms with Crippen molar-refractivity contribution < 1.29 is 42.3 Å². The van der Waals surface area contributed by atoms with Gasteiger partial charge in [-0.1, -0.05) is 0 Å². The van der Waals surface area contributed by atoms with Crippen molar-refractivity contribution in [2.45, 2.75) is 135 Å². The number of nitrogens with two attached hydrogens (primary N) is 1. The van der Waals surface area contributed by atoms with Crippen molar-refractivity contribution in [3.8, 4) is 33.8 Å². The van der Waals surface area contributed by atoms with E-state index < -0.39 is 16.9 Å². The van der Waals surface area contributed by atoms with Crippen LogP contribution in [0.4, 0.5) is 5.69 Å². The second kappa shape index (κ2) is 18.3. The predicted octanol–water partition coefficient (Wildman–Crippen LogP) is 12.0. The van der Waals surface area contributed by atoms with Crippen LogP contribution in [0.25, 0.3) is 22.3 Å². The fourth-order valence-corrected chi connectivity index (χ4v) is 22.0. The summed E-state index contributed by atoms with van der Waals surface area (Å²) in [5.41, 5.74) is 14.9. The Kier molecular flexibility index (Phi) is 14.5. The van der Waals surface area contributed by atoms with Gasteiger partial charge in [0.05, 0.1) is 0 Å². The molecule has 2 aliphatic rings. The van der Waals surface area contributed by atoms with Crippen molar-refractivity contribution in [2.24, 2.45) is 0 Å². The Morgan fingerprint density at radius 3 is 1.56 bits per heavy atom. The fraction of sp³-hybridized carbons (Fsp3) is 0.500. The molecule has 57 heavy (non-hydrogen) atoms. The summed E-state index contributed by atoms with van der Waals surface area (Å²) in [7, 11) is -0.650. The summed E-state index contributed by atoms with van der Waals surface area (Å²) in [6.45, 7) is 8.98. The Bertz CT molecular complexity index is 2090. The molecular weight excluding hydrogens is 840 g/mol. The molecule has 0 unspecified atom stereocenters. The molecule has 2 fully saturated rings. The van der Waals surface area contributed by atoms with E-state index in [-0.39, 0.29) is 43.6 Å². The van der Waals surface area contributed by atoms with Crippen molar-refractivity contribution in [1.82, 2.24) is 0 Å². The summed E-state index contributed by atoms with van der Waals surface area (Å²) in [4.78, 5) is 0. The summed E-state index contributed by atoms with van der Waals surface area (Å²) >= 11 is 0. The van der Waals surface area contributed by atoms with Gasteiger partial charge in [-0.15, -0.1) is 0 Å². The molecule has 4 aromatic rings. The number of hydrogen-bond acceptors (Lipinski definition) is 6. The van der Waals surface area contributed by atoms with Crippen LogP contribution < -0.4 is 25.8 Å². The maximum atomic E-state index is 14.8. The largest absolute Gasteiger partial charge is 0 e. The van der Waals surface area contributed by atoms with Crippen LogP contribution in [0.2, 0.25) is 0 Å². The van der Waals surface area contributed by atoms with Gasteiger partial charge in [0.1, 0.15) is 0 Å². The molecule has 2 aliphatic carbocycles. The van der Waals surface area contributed by atoms with Gasteiger partial charge < -0.3 is 0 Å². The molecule has 4 aromatic carbocycles. The van der Waals surface area contributed by atoms with Crippen LogP contribution in [-0.4, -0.2) is 40.2 Å².